The Morgan fingerprint density at radius 1 is 1.33 bits per heavy atom. The second-order valence-corrected chi connectivity index (χ2v) is 6.50. The number of benzene rings is 1. The lowest BCUT2D eigenvalue weighted by Crippen LogP contribution is -2.37. The van der Waals surface area contributed by atoms with Crippen LogP contribution in [0.25, 0.3) is 0 Å². The lowest BCUT2D eigenvalue weighted by atomic mass is 10.0. The highest BCUT2D eigenvalue weighted by Crippen LogP contribution is 2.26. The van der Waals surface area contributed by atoms with Crippen molar-refractivity contribution in [2.24, 2.45) is 5.16 Å². The molecule has 0 fully saturated rings. The molecule has 21 heavy (non-hydrogen) atoms. The standard InChI is InChI=1S/C13H17N3O4S/c1-21(18,19)15-8-7-14-13(17)11-9-12(20-16-11)10-5-3-2-4-6-10/h2-6,12,15H,7-9H2,1H3,(H,14,17). The summed E-state index contributed by atoms with van der Waals surface area (Å²) in [5.74, 6) is -0.344. The molecule has 0 bridgehead atoms. The highest BCUT2D eigenvalue weighted by Gasteiger charge is 2.26. The molecule has 1 unspecified atom stereocenters. The maximum Gasteiger partial charge on any atom is 0.269 e. The zero-order valence-electron chi connectivity index (χ0n) is 11.6. The van der Waals surface area contributed by atoms with E-state index >= 15 is 0 Å². The van der Waals surface area contributed by atoms with E-state index in [4.69, 9.17) is 4.84 Å². The Labute approximate surface area is 123 Å². The molecule has 0 radical (unpaired) electrons. The largest absolute Gasteiger partial charge is 0.387 e. The number of hydrogen-bond acceptors (Lipinski definition) is 5. The van der Waals surface area contributed by atoms with Gasteiger partial charge >= 0.3 is 0 Å². The molecule has 114 valence electrons. The van der Waals surface area contributed by atoms with Gasteiger partial charge in [-0.1, -0.05) is 35.5 Å². The van der Waals surface area contributed by atoms with Crippen LogP contribution in [0.3, 0.4) is 0 Å². The van der Waals surface area contributed by atoms with Gasteiger partial charge in [0.15, 0.2) is 6.10 Å². The number of carbonyl (C=O) groups excluding carboxylic acids is 1. The zero-order valence-corrected chi connectivity index (χ0v) is 12.4. The number of sulfonamides is 1. The molecule has 8 heteroatoms. The van der Waals surface area contributed by atoms with Crippen LogP contribution in [0.2, 0.25) is 0 Å². The van der Waals surface area contributed by atoms with Crippen LogP contribution >= 0.6 is 0 Å². The van der Waals surface area contributed by atoms with Crippen molar-refractivity contribution in [1.82, 2.24) is 10.0 Å². The minimum atomic E-state index is -3.24. The first kappa shape index (κ1) is 15.5. The number of oxime groups is 1. The summed E-state index contributed by atoms with van der Waals surface area (Å²) in [6.07, 6.45) is 1.21. The van der Waals surface area contributed by atoms with Gasteiger partial charge in [-0.15, -0.1) is 0 Å². The Balaban J connectivity index is 1.77. The summed E-state index contributed by atoms with van der Waals surface area (Å²) in [5, 5.41) is 6.38. The van der Waals surface area contributed by atoms with Gasteiger partial charge < -0.3 is 10.2 Å². The fraction of sp³-hybridized carbons (Fsp3) is 0.385. The van der Waals surface area contributed by atoms with Crippen LogP contribution in [0.1, 0.15) is 18.1 Å². The van der Waals surface area contributed by atoms with Crippen molar-refractivity contribution in [2.75, 3.05) is 19.3 Å². The maximum atomic E-state index is 11.8. The quantitative estimate of drug-likeness (QED) is 0.732. The summed E-state index contributed by atoms with van der Waals surface area (Å²) >= 11 is 0. The van der Waals surface area contributed by atoms with E-state index < -0.39 is 10.0 Å². The highest BCUT2D eigenvalue weighted by atomic mass is 32.2. The smallest absolute Gasteiger partial charge is 0.269 e. The number of hydrogen-bond donors (Lipinski definition) is 2. The molecule has 1 aliphatic heterocycles. The molecule has 0 spiro atoms. The van der Waals surface area contributed by atoms with Crippen molar-refractivity contribution in [3.63, 3.8) is 0 Å². The minimum Gasteiger partial charge on any atom is -0.387 e. The minimum absolute atomic E-state index is 0.140. The number of nitrogens with zero attached hydrogens (tertiary/aromatic N) is 1. The predicted octanol–water partition coefficient (Wildman–Crippen LogP) is 0.169. The molecule has 2 rings (SSSR count). The Kier molecular flexibility index (Phi) is 4.92. The van der Waals surface area contributed by atoms with E-state index in [0.29, 0.717) is 12.1 Å². The molecule has 0 saturated heterocycles. The van der Waals surface area contributed by atoms with Crippen molar-refractivity contribution in [3.8, 4) is 0 Å². The van der Waals surface area contributed by atoms with E-state index in [9.17, 15) is 13.2 Å². The van der Waals surface area contributed by atoms with Crippen LogP contribution in [0.4, 0.5) is 0 Å². The predicted molar refractivity (Wildman–Crippen MR) is 78.2 cm³/mol. The summed E-state index contributed by atoms with van der Waals surface area (Å²) in [7, 11) is -3.24. The SMILES string of the molecule is CS(=O)(=O)NCCNC(=O)C1=NOC(c2ccccc2)C1. The third-order valence-corrected chi connectivity index (χ3v) is 3.61. The zero-order chi connectivity index (χ0) is 15.3. The molecule has 1 amide bonds. The summed E-state index contributed by atoms with van der Waals surface area (Å²) in [4.78, 5) is 17.1. The number of amides is 1. The third-order valence-electron chi connectivity index (χ3n) is 2.88. The summed E-state index contributed by atoms with van der Waals surface area (Å²) in [6, 6.07) is 9.52. The average molecular weight is 311 g/mol. The Hall–Kier alpha value is -1.93. The first-order valence-corrected chi connectivity index (χ1v) is 8.35. The van der Waals surface area contributed by atoms with Gasteiger partial charge in [-0.25, -0.2) is 13.1 Å². The van der Waals surface area contributed by atoms with E-state index in [0.717, 1.165) is 11.8 Å². The molecule has 0 aromatic heterocycles. The molecule has 1 aliphatic rings. The number of rotatable bonds is 6. The van der Waals surface area contributed by atoms with Crippen LogP contribution in [-0.2, 0) is 19.7 Å². The monoisotopic (exact) mass is 311 g/mol. The molecule has 0 saturated carbocycles. The van der Waals surface area contributed by atoms with Crippen LogP contribution in [0.15, 0.2) is 35.5 Å². The third kappa shape index (κ3) is 4.83. The summed E-state index contributed by atoms with van der Waals surface area (Å²) in [6.45, 7) is 0.335. The van der Waals surface area contributed by atoms with Gasteiger partial charge in [-0.3, -0.25) is 4.79 Å². The molecule has 1 aromatic rings. The Bertz CT molecular complexity index is 628. The molecule has 1 atom stereocenters. The van der Waals surface area contributed by atoms with Crippen molar-refractivity contribution in [1.29, 1.82) is 0 Å². The van der Waals surface area contributed by atoms with Gasteiger partial charge in [0, 0.05) is 19.5 Å². The van der Waals surface area contributed by atoms with Crippen molar-refractivity contribution in [3.05, 3.63) is 35.9 Å². The molecule has 0 aliphatic carbocycles. The van der Waals surface area contributed by atoms with E-state index in [1.54, 1.807) is 0 Å². The van der Waals surface area contributed by atoms with E-state index in [1.807, 2.05) is 30.3 Å². The lowest BCUT2D eigenvalue weighted by molar-refractivity contribution is -0.114. The van der Waals surface area contributed by atoms with Crippen LogP contribution in [0.5, 0.6) is 0 Å². The normalized spacial score (nSPS) is 18.0. The highest BCUT2D eigenvalue weighted by molar-refractivity contribution is 7.88. The van der Waals surface area contributed by atoms with E-state index in [-0.39, 0.29) is 25.1 Å². The molecular formula is C13H17N3O4S. The molecule has 1 heterocycles. The van der Waals surface area contributed by atoms with Crippen LogP contribution in [-0.4, -0.2) is 39.4 Å². The van der Waals surface area contributed by atoms with E-state index in [1.165, 1.54) is 0 Å². The first-order chi connectivity index (χ1) is 9.96. The van der Waals surface area contributed by atoms with Crippen molar-refractivity contribution in [2.45, 2.75) is 12.5 Å². The van der Waals surface area contributed by atoms with Gasteiger partial charge in [-0.2, -0.15) is 0 Å². The van der Waals surface area contributed by atoms with Crippen LogP contribution < -0.4 is 10.0 Å². The second kappa shape index (κ2) is 6.68. The molecule has 7 nitrogen and oxygen atoms in total. The van der Waals surface area contributed by atoms with Crippen LogP contribution in [0, 0.1) is 0 Å². The molecular weight excluding hydrogens is 294 g/mol. The summed E-state index contributed by atoms with van der Waals surface area (Å²) < 4.78 is 24.0. The van der Waals surface area contributed by atoms with E-state index in [2.05, 4.69) is 15.2 Å². The van der Waals surface area contributed by atoms with Gasteiger partial charge in [0.25, 0.3) is 5.91 Å². The first-order valence-electron chi connectivity index (χ1n) is 6.46. The maximum absolute atomic E-state index is 11.8. The second-order valence-electron chi connectivity index (χ2n) is 4.67. The molecule has 2 N–H and O–H groups in total. The topological polar surface area (TPSA) is 96.9 Å². The van der Waals surface area contributed by atoms with Crippen molar-refractivity contribution < 1.29 is 18.0 Å². The van der Waals surface area contributed by atoms with Gasteiger partial charge in [0.1, 0.15) is 5.71 Å². The average Bonchev–Trinajstić information content (AvgIpc) is 2.93. The van der Waals surface area contributed by atoms with Gasteiger partial charge in [0.2, 0.25) is 10.0 Å². The fourth-order valence-corrected chi connectivity index (χ4v) is 2.35. The Morgan fingerprint density at radius 3 is 2.71 bits per heavy atom. The Morgan fingerprint density at radius 2 is 2.05 bits per heavy atom. The number of carbonyl (C=O) groups is 1. The lowest BCUT2D eigenvalue weighted by Gasteiger charge is -2.07. The number of nitrogens with one attached hydrogen (secondary N) is 2. The fourth-order valence-electron chi connectivity index (χ4n) is 1.87. The molecule has 1 aromatic carbocycles. The van der Waals surface area contributed by atoms with Gasteiger partial charge in [0.05, 0.1) is 6.26 Å². The van der Waals surface area contributed by atoms with Crippen molar-refractivity contribution >= 4 is 21.6 Å². The summed E-state index contributed by atoms with van der Waals surface area (Å²) in [5.41, 5.74) is 1.27. The van der Waals surface area contributed by atoms with Gasteiger partial charge in [-0.05, 0) is 5.56 Å².